The third-order valence-corrected chi connectivity index (χ3v) is 2.66. The Morgan fingerprint density at radius 3 is 2.39 bits per heavy atom. The third-order valence-electron chi connectivity index (χ3n) is 2.66. The number of carbonyl (C=O) groups is 3. The van der Waals surface area contributed by atoms with Gasteiger partial charge in [-0.3, -0.25) is 9.59 Å². The van der Waals surface area contributed by atoms with Crippen LogP contribution in [0.25, 0.3) is 0 Å². The van der Waals surface area contributed by atoms with Gasteiger partial charge in [-0.05, 0) is 12.3 Å². The normalized spacial score (nSPS) is 13.4. The van der Waals surface area contributed by atoms with Gasteiger partial charge in [-0.1, -0.05) is 20.3 Å². The Labute approximate surface area is 106 Å². The molecule has 2 unspecified atom stereocenters. The van der Waals surface area contributed by atoms with Gasteiger partial charge in [0.25, 0.3) is 0 Å². The average molecular weight is 259 g/mol. The van der Waals surface area contributed by atoms with Crippen molar-refractivity contribution in [3.05, 3.63) is 0 Å². The van der Waals surface area contributed by atoms with Crippen molar-refractivity contribution in [2.24, 2.45) is 11.7 Å². The van der Waals surface area contributed by atoms with E-state index in [1.807, 2.05) is 13.8 Å². The minimum Gasteiger partial charge on any atom is -0.481 e. The standard InChI is InChI=1S/C11H21N3O4/c1-3-7(2)9(14-11(12)18)10(17)13-6-4-5-8(15)16/h7,9H,3-6H2,1-2H3,(H,13,17)(H,15,16)(H3,12,14,18). The van der Waals surface area contributed by atoms with Crippen molar-refractivity contribution >= 4 is 17.9 Å². The van der Waals surface area contributed by atoms with Crippen LogP contribution in [0.1, 0.15) is 33.1 Å². The molecule has 0 aromatic carbocycles. The van der Waals surface area contributed by atoms with Crippen molar-refractivity contribution in [1.82, 2.24) is 10.6 Å². The second-order valence-electron chi connectivity index (χ2n) is 4.16. The van der Waals surface area contributed by atoms with E-state index in [0.717, 1.165) is 0 Å². The number of urea groups is 1. The van der Waals surface area contributed by atoms with Crippen LogP contribution in [-0.2, 0) is 9.59 Å². The summed E-state index contributed by atoms with van der Waals surface area (Å²) in [5.74, 6) is -1.29. The molecule has 0 aliphatic rings. The molecular weight excluding hydrogens is 238 g/mol. The number of nitrogens with one attached hydrogen (secondary N) is 2. The first-order chi connectivity index (χ1) is 8.38. The summed E-state index contributed by atoms with van der Waals surface area (Å²) in [6, 6.07) is -1.43. The van der Waals surface area contributed by atoms with Gasteiger partial charge in [0.1, 0.15) is 6.04 Å². The molecule has 2 atom stereocenters. The first-order valence-corrected chi connectivity index (χ1v) is 5.94. The highest BCUT2D eigenvalue weighted by molar-refractivity contribution is 5.86. The van der Waals surface area contributed by atoms with Crippen LogP contribution in [0.5, 0.6) is 0 Å². The van der Waals surface area contributed by atoms with Crippen LogP contribution in [0.15, 0.2) is 0 Å². The number of rotatable bonds is 8. The molecule has 0 saturated carbocycles. The molecular formula is C11H21N3O4. The molecule has 5 N–H and O–H groups in total. The number of hydrogen-bond donors (Lipinski definition) is 4. The minimum atomic E-state index is -0.905. The fraction of sp³-hybridized carbons (Fsp3) is 0.727. The van der Waals surface area contributed by atoms with E-state index in [1.165, 1.54) is 0 Å². The Bertz CT molecular complexity index is 307. The molecule has 0 aliphatic heterocycles. The van der Waals surface area contributed by atoms with E-state index in [1.54, 1.807) is 0 Å². The molecule has 7 nitrogen and oxygen atoms in total. The number of nitrogens with two attached hydrogens (primary N) is 1. The average Bonchev–Trinajstić information content (AvgIpc) is 2.29. The lowest BCUT2D eigenvalue weighted by Gasteiger charge is -2.22. The van der Waals surface area contributed by atoms with Crippen LogP contribution in [0, 0.1) is 5.92 Å². The number of amides is 3. The highest BCUT2D eigenvalue weighted by atomic mass is 16.4. The number of hydrogen-bond acceptors (Lipinski definition) is 3. The monoisotopic (exact) mass is 259 g/mol. The van der Waals surface area contributed by atoms with Gasteiger partial charge in [0.2, 0.25) is 5.91 Å². The quantitative estimate of drug-likeness (QED) is 0.460. The number of carboxylic acid groups (broad SMARTS) is 1. The van der Waals surface area contributed by atoms with E-state index in [-0.39, 0.29) is 24.8 Å². The molecule has 0 fully saturated rings. The number of primary amides is 1. The molecule has 0 bridgehead atoms. The summed E-state index contributed by atoms with van der Waals surface area (Å²) in [4.78, 5) is 32.9. The van der Waals surface area contributed by atoms with Gasteiger partial charge in [-0.15, -0.1) is 0 Å². The van der Waals surface area contributed by atoms with Crippen LogP contribution in [-0.4, -0.2) is 35.6 Å². The topological polar surface area (TPSA) is 122 Å². The number of carboxylic acids is 1. The summed E-state index contributed by atoms with van der Waals surface area (Å²) < 4.78 is 0. The zero-order chi connectivity index (χ0) is 14.1. The molecule has 0 radical (unpaired) electrons. The molecule has 0 spiro atoms. The maximum atomic E-state index is 11.8. The van der Waals surface area contributed by atoms with Gasteiger partial charge in [0.05, 0.1) is 0 Å². The predicted molar refractivity (Wildman–Crippen MR) is 65.8 cm³/mol. The molecule has 0 aromatic heterocycles. The molecule has 104 valence electrons. The van der Waals surface area contributed by atoms with E-state index in [0.29, 0.717) is 12.8 Å². The fourth-order valence-electron chi connectivity index (χ4n) is 1.42. The Hall–Kier alpha value is -1.79. The third kappa shape index (κ3) is 6.72. The van der Waals surface area contributed by atoms with Crippen molar-refractivity contribution in [1.29, 1.82) is 0 Å². The molecule has 0 rings (SSSR count). The summed E-state index contributed by atoms with van der Waals surface area (Å²) in [6.07, 6.45) is 1.07. The summed E-state index contributed by atoms with van der Waals surface area (Å²) in [7, 11) is 0. The van der Waals surface area contributed by atoms with Gasteiger partial charge in [-0.2, -0.15) is 0 Å². The Morgan fingerprint density at radius 2 is 1.94 bits per heavy atom. The summed E-state index contributed by atoms with van der Waals surface area (Å²) >= 11 is 0. The predicted octanol–water partition coefficient (Wildman–Crippen LogP) is 0.0504. The first-order valence-electron chi connectivity index (χ1n) is 5.94. The number of carbonyl (C=O) groups excluding carboxylic acids is 2. The van der Waals surface area contributed by atoms with E-state index < -0.39 is 18.0 Å². The van der Waals surface area contributed by atoms with E-state index in [2.05, 4.69) is 10.6 Å². The van der Waals surface area contributed by atoms with Crippen molar-refractivity contribution in [3.63, 3.8) is 0 Å². The van der Waals surface area contributed by atoms with Crippen molar-refractivity contribution < 1.29 is 19.5 Å². The van der Waals surface area contributed by atoms with Gasteiger partial charge in [0.15, 0.2) is 0 Å². The SMILES string of the molecule is CCC(C)C(NC(N)=O)C(=O)NCCCC(=O)O. The van der Waals surface area contributed by atoms with Crippen LogP contribution in [0.2, 0.25) is 0 Å². The minimum absolute atomic E-state index is 0.00245. The highest BCUT2D eigenvalue weighted by Gasteiger charge is 2.24. The van der Waals surface area contributed by atoms with E-state index in [4.69, 9.17) is 10.8 Å². The molecule has 0 saturated heterocycles. The van der Waals surface area contributed by atoms with Gasteiger partial charge in [-0.25, -0.2) is 4.79 Å². The summed E-state index contributed by atoms with van der Waals surface area (Å²) in [5, 5.41) is 13.4. The van der Waals surface area contributed by atoms with Crippen molar-refractivity contribution in [2.45, 2.75) is 39.2 Å². The maximum Gasteiger partial charge on any atom is 0.312 e. The van der Waals surface area contributed by atoms with Gasteiger partial charge in [0, 0.05) is 13.0 Å². The second-order valence-corrected chi connectivity index (χ2v) is 4.16. The Balaban J connectivity index is 4.21. The van der Waals surface area contributed by atoms with Crippen LogP contribution in [0.4, 0.5) is 4.79 Å². The lowest BCUT2D eigenvalue weighted by molar-refractivity contribution is -0.137. The molecule has 0 aliphatic carbocycles. The molecule has 18 heavy (non-hydrogen) atoms. The van der Waals surface area contributed by atoms with Gasteiger partial charge < -0.3 is 21.5 Å². The van der Waals surface area contributed by atoms with Crippen molar-refractivity contribution in [3.8, 4) is 0 Å². The first kappa shape index (κ1) is 16.2. The fourth-order valence-corrected chi connectivity index (χ4v) is 1.42. The molecule has 3 amide bonds. The number of aliphatic carboxylic acids is 1. The zero-order valence-corrected chi connectivity index (χ0v) is 10.7. The Morgan fingerprint density at radius 1 is 1.33 bits per heavy atom. The molecule has 0 aromatic rings. The lowest BCUT2D eigenvalue weighted by atomic mass is 9.98. The molecule has 0 heterocycles. The van der Waals surface area contributed by atoms with E-state index >= 15 is 0 Å². The van der Waals surface area contributed by atoms with Gasteiger partial charge >= 0.3 is 12.0 Å². The van der Waals surface area contributed by atoms with Crippen LogP contribution < -0.4 is 16.4 Å². The Kier molecular flexibility index (Phi) is 7.50. The zero-order valence-electron chi connectivity index (χ0n) is 10.7. The second kappa shape index (κ2) is 8.32. The highest BCUT2D eigenvalue weighted by Crippen LogP contribution is 2.07. The summed E-state index contributed by atoms with van der Waals surface area (Å²) in [5.41, 5.74) is 5.01. The lowest BCUT2D eigenvalue weighted by Crippen LogP contribution is -2.51. The van der Waals surface area contributed by atoms with Crippen LogP contribution in [0.3, 0.4) is 0 Å². The van der Waals surface area contributed by atoms with E-state index in [9.17, 15) is 14.4 Å². The smallest absolute Gasteiger partial charge is 0.312 e. The summed E-state index contributed by atoms with van der Waals surface area (Å²) in [6.45, 7) is 3.99. The largest absolute Gasteiger partial charge is 0.481 e. The molecule has 7 heteroatoms. The van der Waals surface area contributed by atoms with Crippen molar-refractivity contribution in [2.75, 3.05) is 6.54 Å². The van der Waals surface area contributed by atoms with Crippen LogP contribution >= 0.6 is 0 Å². The maximum absolute atomic E-state index is 11.8.